The topological polar surface area (TPSA) is 52.1 Å². The Kier molecular flexibility index (Phi) is 4.76. The molecule has 3 heterocycles. The molecule has 4 heteroatoms. The fourth-order valence-electron chi connectivity index (χ4n) is 7.53. The van der Waals surface area contributed by atoms with Crippen LogP contribution in [0, 0.1) is 0 Å². The van der Waals surface area contributed by atoms with Gasteiger partial charge in [0.05, 0.1) is 11.2 Å². The number of nitrogens with zero attached hydrogens (tertiary/aromatic N) is 2. The van der Waals surface area contributed by atoms with Crippen LogP contribution in [0.15, 0.2) is 130 Å². The number of furan rings is 2. The lowest BCUT2D eigenvalue weighted by Crippen LogP contribution is -2.14. The number of aromatic nitrogens is 2. The van der Waals surface area contributed by atoms with E-state index in [1.54, 1.807) is 0 Å². The van der Waals surface area contributed by atoms with E-state index >= 15 is 0 Å². The Hall–Kier alpha value is -5.74. The molecule has 0 saturated carbocycles. The summed E-state index contributed by atoms with van der Waals surface area (Å²) in [5.74, 6) is 0.694. The van der Waals surface area contributed by atoms with Gasteiger partial charge in [-0.3, -0.25) is 0 Å². The van der Waals surface area contributed by atoms with Gasteiger partial charge >= 0.3 is 0 Å². The van der Waals surface area contributed by atoms with Crippen molar-refractivity contribution >= 4 is 54.8 Å². The molecular weight excluding hydrogens is 552 g/mol. The molecule has 10 rings (SSSR count). The Morgan fingerprint density at radius 3 is 2.11 bits per heavy atom. The predicted molar refractivity (Wildman–Crippen MR) is 183 cm³/mol. The van der Waals surface area contributed by atoms with Gasteiger partial charge in [-0.1, -0.05) is 105 Å². The van der Waals surface area contributed by atoms with Crippen molar-refractivity contribution in [1.29, 1.82) is 0 Å². The van der Waals surface area contributed by atoms with E-state index < -0.39 is 0 Å². The summed E-state index contributed by atoms with van der Waals surface area (Å²) in [5.41, 5.74) is 12.1. The van der Waals surface area contributed by atoms with Crippen LogP contribution in [-0.4, -0.2) is 9.97 Å². The van der Waals surface area contributed by atoms with Crippen LogP contribution in [0.3, 0.4) is 0 Å². The Morgan fingerprint density at radius 1 is 0.533 bits per heavy atom. The summed E-state index contributed by atoms with van der Waals surface area (Å²) >= 11 is 0. The third kappa shape index (κ3) is 3.31. The maximum absolute atomic E-state index is 6.55. The summed E-state index contributed by atoms with van der Waals surface area (Å²) in [6.07, 6.45) is 0. The minimum absolute atomic E-state index is 0.163. The maximum atomic E-state index is 6.55. The maximum Gasteiger partial charge on any atom is 0.160 e. The fraction of sp³-hybridized carbons (Fsp3) is 0.0732. The zero-order valence-electron chi connectivity index (χ0n) is 24.8. The molecule has 0 unspecified atom stereocenters. The minimum atomic E-state index is -0.163. The highest BCUT2D eigenvalue weighted by Gasteiger charge is 2.38. The van der Waals surface area contributed by atoms with Crippen LogP contribution in [-0.2, 0) is 5.41 Å². The molecular formula is C41H26N2O2. The standard InChI is InChI=1S/C41H26N2O2/c1-41(2)29-18-16-24(22-28(29)35-30(41)19-17-26-25-12-6-8-14-32(25)45-39(26)35)40-42-31-20-21-34-36(27-13-7-9-15-33(27)44-34)37(31)38(43-40)23-10-4-3-5-11-23/h3-22H,1-2H3. The van der Waals surface area contributed by atoms with Crippen molar-refractivity contribution in [2.24, 2.45) is 0 Å². The van der Waals surface area contributed by atoms with Gasteiger partial charge in [-0.05, 0) is 47.0 Å². The summed E-state index contributed by atoms with van der Waals surface area (Å²) in [6.45, 7) is 4.60. The second-order valence-electron chi connectivity index (χ2n) is 12.5. The monoisotopic (exact) mass is 578 g/mol. The number of fused-ring (bicyclic) bond motifs is 12. The first-order chi connectivity index (χ1) is 22.1. The smallest absolute Gasteiger partial charge is 0.160 e. The quantitative estimate of drug-likeness (QED) is 0.205. The molecule has 0 radical (unpaired) electrons. The molecule has 4 nitrogen and oxygen atoms in total. The average Bonchev–Trinajstić information content (AvgIpc) is 3.72. The summed E-state index contributed by atoms with van der Waals surface area (Å²) in [5, 5.41) is 5.40. The Bertz CT molecular complexity index is 2680. The highest BCUT2D eigenvalue weighted by molar-refractivity contribution is 6.21. The minimum Gasteiger partial charge on any atom is -0.456 e. The molecule has 0 N–H and O–H groups in total. The molecule has 0 saturated heterocycles. The van der Waals surface area contributed by atoms with Crippen LogP contribution in [0.25, 0.3) is 88.6 Å². The van der Waals surface area contributed by atoms with Crippen molar-refractivity contribution in [2.75, 3.05) is 0 Å². The third-order valence-electron chi connectivity index (χ3n) is 9.69. The van der Waals surface area contributed by atoms with Crippen molar-refractivity contribution < 1.29 is 8.83 Å². The van der Waals surface area contributed by atoms with E-state index in [0.29, 0.717) is 5.82 Å². The second-order valence-corrected chi connectivity index (χ2v) is 12.5. The normalized spacial score (nSPS) is 13.7. The molecule has 0 bridgehead atoms. The van der Waals surface area contributed by atoms with Crippen molar-refractivity contribution in [3.8, 4) is 33.8 Å². The molecule has 0 aliphatic heterocycles. The van der Waals surface area contributed by atoms with Crippen LogP contribution in [0.2, 0.25) is 0 Å². The van der Waals surface area contributed by atoms with E-state index in [1.807, 2.05) is 36.4 Å². The fourth-order valence-corrected chi connectivity index (χ4v) is 7.53. The molecule has 6 aromatic carbocycles. The van der Waals surface area contributed by atoms with E-state index in [-0.39, 0.29) is 5.41 Å². The highest BCUT2D eigenvalue weighted by atomic mass is 16.3. The van der Waals surface area contributed by atoms with E-state index in [2.05, 4.69) is 98.8 Å². The van der Waals surface area contributed by atoms with Crippen LogP contribution >= 0.6 is 0 Å². The van der Waals surface area contributed by atoms with Crippen molar-refractivity contribution in [3.05, 3.63) is 132 Å². The molecule has 3 aromatic heterocycles. The van der Waals surface area contributed by atoms with E-state index in [0.717, 1.165) is 71.6 Å². The zero-order valence-corrected chi connectivity index (χ0v) is 24.8. The van der Waals surface area contributed by atoms with Crippen molar-refractivity contribution in [2.45, 2.75) is 19.3 Å². The van der Waals surface area contributed by atoms with Gasteiger partial charge in [-0.15, -0.1) is 0 Å². The molecule has 1 aliphatic carbocycles. The number of para-hydroxylation sites is 2. The number of hydrogen-bond acceptors (Lipinski definition) is 4. The van der Waals surface area contributed by atoms with Gasteiger partial charge in [0.25, 0.3) is 0 Å². The molecule has 212 valence electrons. The van der Waals surface area contributed by atoms with Crippen LogP contribution in [0.5, 0.6) is 0 Å². The molecule has 0 amide bonds. The molecule has 45 heavy (non-hydrogen) atoms. The van der Waals surface area contributed by atoms with Gasteiger partial charge in [-0.2, -0.15) is 0 Å². The van der Waals surface area contributed by atoms with Crippen molar-refractivity contribution in [3.63, 3.8) is 0 Å². The molecule has 9 aromatic rings. The summed E-state index contributed by atoms with van der Waals surface area (Å²) in [4.78, 5) is 10.5. The molecule has 1 aliphatic rings. The Balaban J connectivity index is 1.26. The van der Waals surface area contributed by atoms with Gasteiger partial charge in [0, 0.05) is 49.0 Å². The zero-order chi connectivity index (χ0) is 29.9. The second kappa shape index (κ2) is 8.67. The van der Waals surface area contributed by atoms with E-state index in [9.17, 15) is 0 Å². The lowest BCUT2D eigenvalue weighted by atomic mass is 9.82. The first-order valence-electron chi connectivity index (χ1n) is 15.3. The third-order valence-corrected chi connectivity index (χ3v) is 9.69. The molecule has 0 spiro atoms. The first-order valence-corrected chi connectivity index (χ1v) is 15.3. The van der Waals surface area contributed by atoms with Crippen LogP contribution < -0.4 is 0 Å². The molecule has 0 fully saturated rings. The average molecular weight is 579 g/mol. The van der Waals surface area contributed by atoms with Gasteiger partial charge in [0.2, 0.25) is 0 Å². The SMILES string of the molecule is CC1(C)c2ccc(-c3nc(-c4ccccc4)c4c(ccc5oc6ccccc6c54)n3)cc2-c2c1ccc1c2oc2ccccc21. The number of rotatable bonds is 2. The van der Waals surface area contributed by atoms with Gasteiger partial charge in [0.15, 0.2) is 5.82 Å². The Labute approximate surface area is 258 Å². The Morgan fingerprint density at radius 2 is 1.27 bits per heavy atom. The lowest BCUT2D eigenvalue weighted by Gasteiger charge is -2.21. The summed E-state index contributed by atoms with van der Waals surface area (Å²) in [6, 6.07) is 42.1. The lowest BCUT2D eigenvalue weighted by molar-refractivity contribution is 0.653. The van der Waals surface area contributed by atoms with Gasteiger partial charge in [-0.25, -0.2) is 9.97 Å². The predicted octanol–water partition coefficient (Wildman–Crippen LogP) is 11.1. The summed E-state index contributed by atoms with van der Waals surface area (Å²) in [7, 11) is 0. The highest BCUT2D eigenvalue weighted by Crippen LogP contribution is 2.53. The van der Waals surface area contributed by atoms with Gasteiger partial charge in [0.1, 0.15) is 22.3 Å². The molecule has 0 atom stereocenters. The summed E-state index contributed by atoms with van der Waals surface area (Å²) < 4.78 is 12.8. The first kappa shape index (κ1) is 24.7. The van der Waals surface area contributed by atoms with Crippen LogP contribution in [0.4, 0.5) is 0 Å². The van der Waals surface area contributed by atoms with Crippen molar-refractivity contribution in [1.82, 2.24) is 9.97 Å². The van der Waals surface area contributed by atoms with E-state index in [1.165, 1.54) is 22.3 Å². The van der Waals surface area contributed by atoms with Gasteiger partial charge < -0.3 is 8.83 Å². The number of hydrogen-bond donors (Lipinski definition) is 0. The van der Waals surface area contributed by atoms with E-state index in [4.69, 9.17) is 18.8 Å². The van der Waals surface area contributed by atoms with Crippen LogP contribution in [0.1, 0.15) is 25.0 Å². The largest absolute Gasteiger partial charge is 0.456 e. The number of benzene rings is 6.